The SMILES string of the molecule is COC(=O)[C@H]1O[C@@H](Oc2ccc(COC(=O)N(C)CCN(C)C(=O)OC(C)(C)C)cc2N)[C@H](OC(C)=O)[C@@H](O)[C@@H]1OC(C)=O. The molecule has 3 N–H and O–H groups in total. The number of nitrogens with zero attached hydrogens (tertiary/aromatic N) is 2. The van der Waals surface area contributed by atoms with E-state index in [0.717, 1.165) is 21.0 Å². The summed E-state index contributed by atoms with van der Waals surface area (Å²) in [5.41, 5.74) is 6.04. The molecule has 16 nitrogen and oxygen atoms in total. The third-order valence-corrected chi connectivity index (χ3v) is 6.03. The quantitative estimate of drug-likeness (QED) is 0.213. The molecule has 1 saturated heterocycles. The van der Waals surface area contributed by atoms with Crippen LogP contribution in [0.25, 0.3) is 0 Å². The number of hydrogen-bond donors (Lipinski definition) is 2. The van der Waals surface area contributed by atoms with Crippen molar-refractivity contribution in [3.05, 3.63) is 23.8 Å². The first-order valence-corrected chi connectivity index (χ1v) is 13.6. The van der Waals surface area contributed by atoms with Gasteiger partial charge in [-0.15, -0.1) is 0 Å². The minimum Gasteiger partial charge on any atom is -0.467 e. The van der Waals surface area contributed by atoms with Crippen molar-refractivity contribution in [1.29, 1.82) is 0 Å². The highest BCUT2D eigenvalue weighted by Crippen LogP contribution is 2.32. The lowest BCUT2D eigenvalue weighted by molar-refractivity contribution is -0.279. The number of anilines is 1. The van der Waals surface area contributed by atoms with Crippen molar-refractivity contribution in [2.45, 2.75) is 77.5 Å². The molecule has 0 bridgehead atoms. The molecule has 1 aromatic rings. The van der Waals surface area contributed by atoms with Crippen molar-refractivity contribution in [2.24, 2.45) is 0 Å². The van der Waals surface area contributed by atoms with Crippen LogP contribution in [-0.2, 0) is 49.4 Å². The van der Waals surface area contributed by atoms with Gasteiger partial charge in [-0.05, 0) is 38.5 Å². The maximum Gasteiger partial charge on any atom is 0.410 e. The first-order valence-electron chi connectivity index (χ1n) is 13.6. The fourth-order valence-corrected chi connectivity index (χ4v) is 3.86. The van der Waals surface area contributed by atoms with Gasteiger partial charge in [-0.1, -0.05) is 6.07 Å². The second kappa shape index (κ2) is 15.4. The fraction of sp³-hybridized carbons (Fsp3) is 0.607. The molecule has 1 heterocycles. The number of aliphatic hydroxyl groups is 1. The van der Waals surface area contributed by atoms with Gasteiger partial charge in [0.05, 0.1) is 12.8 Å². The number of carbonyl (C=O) groups excluding carboxylic acids is 5. The largest absolute Gasteiger partial charge is 0.467 e. The van der Waals surface area contributed by atoms with Crippen molar-refractivity contribution < 1.29 is 62.2 Å². The summed E-state index contributed by atoms with van der Waals surface area (Å²) < 4.78 is 36.9. The van der Waals surface area contributed by atoms with Gasteiger partial charge in [-0.25, -0.2) is 14.4 Å². The second-order valence-electron chi connectivity index (χ2n) is 11.0. The Balaban J connectivity index is 2.07. The van der Waals surface area contributed by atoms with Crippen molar-refractivity contribution in [3.63, 3.8) is 0 Å². The average molecular weight is 628 g/mol. The highest BCUT2D eigenvalue weighted by Gasteiger charge is 2.53. The number of likely N-dealkylation sites (N-methyl/N-ethyl adjacent to an activating group) is 2. The lowest BCUT2D eigenvalue weighted by Gasteiger charge is -2.41. The van der Waals surface area contributed by atoms with Crippen LogP contribution in [0.3, 0.4) is 0 Å². The summed E-state index contributed by atoms with van der Waals surface area (Å²) in [6.07, 6.45) is -9.16. The predicted molar refractivity (Wildman–Crippen MR) is 151 cm³/mol. The Morgan fingerprint density at radius 1 is 0.955 bits per heavy atom. The van der Waals surface area contributed by atoms with Gasteiger partial charge in [-0.3, -0.25) is 9.59 Å². The molecule has 1 aliphatic rings. The zero-order valence-corrected chi connectivity index (χ0v) is 26.1. The molecule has 1 aliphatic heterocycles. The molecule has 246 valence electrons. The maximum atomic E-state index is 12.5. The molecular weight excluding hydrogens is 586 g/mol. The highest BCUT2D eigenvalue weighted by molar-refractivity contribution is 5.77. The van der Waals surface area contributed by atoms with Gasteiger partial charge in [-0.2, -0.15) is 0 Å². The minimum absolute atomic E-state index is 0.0197. The average Bonchev–Trinajstić information content (AvgIpc) is 2.92. The Kier molecular flexibility index (Phi) is 12.6. The molecule has 5 atom stereocenters. The molecule has 0 radical (unpaired) electrons. The summed E-state index contributed by atoms with van der Waals surface area (Å²) in [4.78, 5) is 62.9. The van der Waals surface area contributed by atoms with Crippen molar-refractivity contribution >= 4 is 35.8 Å². The summed E-state index contributed by atoms with van der Waals surface area (Å²) in [7, 11) is 4.14. The van der Waals surface area contributed by atoms with E-state index in [1.165, 1.54) is 35.0 Å². The predicted octanol–water partition coefficient (Wildman–Crippen LogP) is 1.21. The van der Waals surface area contributed by atoms with Crippen LogP contribution in [0.2, 0.25) is 0 Å². The Labute approximate surface area is 255 Å². The minimum atomic E-state index is -1.73. The molecule has 2 rings (SSSR count). The number of amides is 2. The lowest BCUT2D eigenvalue weighted by Crippen LogP contribution is -2.63. The zero-order valence-electron chi connectivity index (χ0n) is 26.1. The van der Waals surface area contributed by atoms with Crippen LogP contribution in [0.5, 0.6) is 5.75 Å². The Bertz CT molecular complexity index is 1200. The summed E-state index contributed by atoms with van der Waals surface area (Å²) in [5, 5.41) is 10.9. The van der Waals surface area contributed by atoms with E-state index in [2.05, 4.69) is 0 Å². The number of methoxy groups -OCH3 is 1. The first kappa shape index (κ1) is 35.9. The molecule has 1 fully saturated rings. The number of carbonyl (C=O) groups is 5. The third-order valence-electron chi connectivity index (χ3n) is 6.03. The molecule has 1 aromatic carbocycles. The molecular formula is C28H41N3O13. The van der Waals surface area contributed by atoms with Crippen LogP contribution in [0, 0.1) is 0 Å². The molecule has 0 unspecified atom stereocenters. The van der Waals surface area contributed by atoms with Gasteiger partial charge < -0.3 is 53.8 Å². The summed E-state index contributed by atoms with van der Waals surface area (Å²) in [5.74, 6) is -2.59. The zero-order chi connectivity index (χ0) is 33.4. The molecule has 0 spiro atoms. The van der Waals surface area contributed by atoms with Crippen molar-refractivity contribution in [2.75, 3.05) is 40.0 Å². The highest BCUT2D eigenvalue weighted by atomic mass is 16.7. The normalized spacial score (nSPS) is 21.3. The monoisotopic (exact) mass is 627 g/mol. The van der Waals surface area contributed by atoms with E-state index in [1.807, 2.05) is 0 Å². The number of nitrogens with two attached hydrogens (primary N) is 1. The van der Waals surface area contributed by atoms with Crippen LogP contribution in [0.15, 0.2) is 18.2 Å². The molecule has 44 heavy (non-hydrogen) atoms. The maximum absolute atomic E-state index is 12.5. The van der Waals surface area contributed by atoms with E-state index in [1.54, 1.807) is 27.8 Å². The Morgan fingerprint density at radius 2 is 1.52 bits per heavy atom. The second-order valence-corrected chi connectivity index (χ2v) is 11.0. The summed E-state index contributed by atoms with van der Waals surface area (Å²) in [6, 6.07) is 4.41. The van der Waals surface area contributed by atoms with Gasteiger partial charge in [0.25, 0.3) is 0 Å². The molecule has 2 amide bonds. The number of ether oxygens (including phenoxy) is 7. The Morgan fingerprint density at radius 3 is 2.05 bits per heavy atom. The number of hydrogen-bond acceptors (Lipinski definition) is 14. The Hall–Kier alpha value is -4.31. The number of benzene rings is 1. The molecule has 0 aromatic heterocycles. The van der Waals surface area contributed by atoms with Gasteiger partial charge in [0.15, 0.2) is 18.3 Å². The number of rotatable bonds is 10. The smallest absolute Gasteiger partial charge is 0.410 e. The lowest BCUT2D eigenvalue weighted by atomic mass is 9.98. The van der Waals surface area contributed by atoms with Crippen LogP contribution in [-0.4, -0.2) is 116 Å². The van der Waals surface area contributed by atoms with E-state index < -0.39 is 66.4 Å². The summed E-state index contributed by atoms with van der Waals surface area (Å²) >= 11 is 0. The van der Waals surface area contributed by atoms with Gasteiger partial charge >= 0.3 is 30.1 Å². The van der Waals surface area contributed by atoms with Crippen LogP contribution >= 0.6 is 0 Å². The molecule has 0 saturated carbocycles. The van der Waals surface area contributed by atoms with Gasteiger partial charge in [0.1, 0.15) is 24.1 Å². The van der Waals surface area contributed by atoms with E-state index in [0.29, 0.717) is 5.56 Å². The number of aliphatic hydroxyl groups excluding tert-OH is 1. The topological polar surface area (TPSA) is 203 Å². The van der Waals surface area contributed by atoms with Crippen LogP contribution < -0.4 is 10.5 Å². The van der Waals surface area contributed by atoms with Crippen LogP contribution in [0.1, 0.15) is 40.2 Å². The number of nitrogen functional groups attached to an aromatic ring is 1. The van der Waals surface area contributed by atoms with E-state index >= 15 is 0 Å². The van der Waals surface area contributed by atoms with Gasteiger partial charge in [0.2, 0.25) is 6.29 Å². The molecule has 16 heteroatoms. The van der Waals surface area contributed by atoms with Crippen molar-refractivity contribution in [1.82, 2.24) is 9.80 Å². The standard InChI is InChI=1S/C28H41N3O13/c1-15(32)40-21-20(34)22(41-16(2)33)25(43-23(21)24(35)38-8)42-19-10-9-17(13-18(19)29)14-39-26(36)30(6)11-12-31(7)27(37)44-28(3,4)5/h9-10,13,20-23,25,34H,11-12,14,29H2,1-8H3/t20-,21-,22+,23-,25+/m0/s1. The number of esters is 3. The summed E-state index contributed by atoms with van der Waals surface area (Å²) in [6.45, 7) is 7.65. The van der Waals surface area contributed by atoms with E-state index in [4.69, 9.17) is 38.9 Å². The first-order chi connectivity index (χ1) is 20.4. The van der Waals surface area contributed by atoms with Gasteiger partial charge in [0, 0.05) is 41.0 Å². The molecule has 0 aliphatic carbocycles. The van der Waals surface area contributed by atoms with Crippen molar-refractivity contribution in [3.8, 4) is 5.75 Å². The van der Waals surface area contributed by atoms with Crippen LogP contribution in [0.4, 0.5) is 15.3 Å². The fourth-order valence-electron chi connectivity index (χ4n) is 3.86. The van der Waals surface area contributed by atoms with E-state index in [9.17, 15) is 29.1 Å². The van der Waals surface area contributed by atoms with E-state index in [-0.39, 0.29) is 31.1 Å². The third kappa shape index (κ3) is 10.4.